The normalized spacial score (nSPS) is 20.4. The zero-order valence-electron chi connectivity index (χ0n) is 13.8. The van der Waals surface area contributed by atoms with E-state index in [2.05, 4.69) is 5.32 Å². The highest BCUT2D eigenvalue weighted by Crippen LogP contribution is 2.26. The van der Waals surface area contributed by atoms with Gasteiger partial charge in [0.05, 0.1) is 0 Å². The van der Waals surface area contributed by atoms with Gasteiger partial charge in [0.25, 0.3) is 0 Å². The minimum Gasteiger partial charge on any atom is -0.457 e. The van der Waals surface area contributed by atoms with Crippen molar-refractivity contribution in [2.45, 2.75) is 38.3 Å². The van der Waals surface area contributed by atoms with Crippen LogP contribution in [0.25, 0.3) is 0 Å². The summed E-state index contributed by atoms with van der Waals surface area (Å²) in [4.78, 5) is 12.4. The van der Waals surface area contributed by atoms with Crippen LogP contribution in [-0.2, 0) is 11.3 Å². The fourth-order valence-electron chi connectivity index (χ4n) is 3.16. The van der Waals surface area contributed by atoms with Crippen LogP contribution in [0.3, 0.4) is 0 Å². The third kappa shape index (κ3) is 4.36. The lowest BCUT2D eigenvalue weighted by Gasteiger charge is -2.25. The molecule has 3 rings (SSSR count). The van der Waals surface area contributed by atoms with Gasteiger partial charge in [-0.3, -0.25) is 4.79 Å². The second-order valence-corrected chi connectivity index (χ2v) is 6.36. The van der Waals surface area contributed by atoms with Gasteiger partial charge in [0.15, 0.2) is 0 Å². The Balaban J connectivity index is 1.62. The molecule has 24 heavy (non-hydrogen) atoms. The molecule has 1 amide bonds. The van der Waals surface area contributed by atoms with E-state index < -0.39 is 0 Å². The van der Waals surface area contributed by atoms with E-state index in [4.69, 9.17) is 10.5 Å². The predicted octanol–water partition coefficient (Wildman–Crippen LogP) is 3.61. The van der Waals surface area contributed by atoms with E-state index in [1.807, 2.05) is 54.6 Å². The summed E-state index contributed by atoms with van der Waals surface area (Å²) in [5, 5.41) is 3.04. The average molecular weight is 324 g/mol. The first-order valence-corrected chi connectivity index (χ1v) is 8.56. The number of nitrogens with one attached hydrogen (secondary N) is 1. The van der Waals surface area contributed by atoms with Gasteiger partial charge in [0.2, 0.25) is 5.91 Å². The molecule has 4 heteroatoms. The topological polar surface area (TPSA) is 64.4 Å². The van der Waals surface area contributed by atoms with Gasteiger partial charge in [-0.25, -0.2) is 0 Å². The zero-order chi connectivity index (χ0) is 16.8. The quantitative estimate of drug-likeness (QED) is 0.883. The van der Waals surface area contributed by atoms with Gasteiger partial charge in [-0.05, 0) is 37.5 Å². The van der Waals surface area contributed by atoms with Crippen molar-refractivity contribution >= 4 is 5.91 Å². The lowest BCUT2D eigenvalue weighted by molar-refractivity contribution is -0.126. The van der Waals surface area contributed by atoms with Gasteiger partial charge in [-0.1, -0.05) is 42.8 Å². The maximum atomic E-state index is 12.4. The molecule has 3 N–H and O–H groups in total. The maximum absolute atomic E-state index is 12.4. The molecular formula is C20H24N2O2. The number of benzene rings is 2. The van der Waals surface area contributed by atoms with E-state index in [1.165, 1.54) is 0 Å². The number of hydrogen-bond donors (Lipinski definition) is 2. The van der Waals surface area contributed by atoms with Crippen molar-refractivity contribution in [3.05, 3.63) is 60.2 Å². The number of nitrogens with two attached hydrogens (primary N) is 1. The Morgan fingerprint density at radius 2 is 1.83 bits per heavy atom. The largest absolute Gasteiger partial charge is 0.457 e. The summed E-state index contributed by atoms with van der Waals surface area (Å²) < 4.78 is 5.93. The minimum atomic E-state index is 0.0379. The first-order valence-electron chi connectivity index (χ1n) is 8.56. The Bertz CT molecular complexity index is 672. The summed E-state index contributed by atoms with van der Waals surface area (Å²) in [6, 6.07) is 17.6. The first kappa shape index (κ1) is 16.5. The van der Waals surface area contributed by atoms with Gasteiger partial charge in [0.1, 0.15) is 11.5 Å². The Hall–Kier alpha value is -2.33. The number of ether oxygens (including phenoxy) is 1. The number of hydrogen-bond acceptors (Lipinski definition) is 3. The summed E-state index contributed by atoms with van der Waals surface area (Å²) in [5.41, 5.74) is 6.95. The highest BCUT2D eigenvalue weighted by atomic mass is 16.5. The van der Waals surface area contributed by atoms with Crippen molar-refractivity contribution in [1.29, 1.82) is 0 Å². The van der Waals surface area contributed by atoms with Crippen LogP contribution in [0.5, 0.6) is 11.5 Å². The van der Waals surface area contributed by atoms with E-state index in [0.29, 0.717) is 6.54 Å². The fraction of sp³-hybridized carbons (Fsp3) is 0.350. The molecule has 0 bridgehead atoms. The smallest absolute Gasteiger partial charge is 0.223 e. The SMILES string of the molecule is NC1CCCC(C(=O)NCc2ccccc2Oc2ccccc2)C1. The van der Waals surface area contributed by atoms with Crippen LogP contribution in [0.1, 0.15) is 31.2 Å². The van der Waals surface area contributed by atoms with Crippen molar-refractivity contribution in [3.63, 3.8) is 0 Å². The van der Waals surface area contributed by atoms with Gasteiger partial charge in [-0.2, -0.15) is 0 Å². The highest BCUT2D eigenvalue weighted by molar-refractivity contribution is 5.78. The Morgan fingerprint density at radius 1 is 1.08 bits per heavy atom. The minimum absolute atomic E-state index is 0.0379. The van der Waals surface area contributed by atoms with Crippen LogP contribution in [0.15, 0.2) is 54.6 Å². The number of amides is 1. The predicted molar refractivity (Wildman–Crippen MR) is 94.7 cm³/mol. The van der Waals surface area contributed by atoms with E-state index in [1.54, 1.807) is 0 Å². The van der Waals surface area contributed by atoms with E-state index in [-0.39, 0.29) is 17.9 Å². The standard InChI is InChI=1S/C20H24N2O2/c21-17-9-6-8-15(13-17)20(23)22-14-16-7-4-5-12-19(16)24-18-10-2-1-3-11-18/h1-5,7,10-12,15,17H,6,8-9,13-14,21H2,(H,22,23). The van der Waals surface area contributed by atoms with Gasteiger partial charge < -0.3 is 15.8 Å². The molecule has 2 aromatic carbocycles. The molecule has 0 spiro atoms. The van der Waals surface area contributed by atoms with Gasteiger partial charge in [-0.15, -0.1) is 0 Å². The lowest BCUT2D eigenvalue weighted by atomic mass is 9.85. The third-order valence-electron chi connectivity index (χ3n) is 4.48. The van der Waals surface area contributed by atoms with Crippen LogP contribution in [0.4, 0.5) is 0 Å². The van der Waals surface area contributed by atoms with Crippen molar-refractivity contribution in [1.82, 2.24) is 5.32 Å². The van der Waals surface area contributed by atoms with Gasteiger partial charge in [0, 0.05) is 24.1 Å². The Labute approximate surface area is 143 Å². The monoisotopic (exact) mass is 324 g/mol. The van der Waals surface area contributed by atoms with Crippen molar-refractivity contribution < 1.29 is 9.53 Å². The second-order valence-electron chi connectivity index (χ2n) is 6.36. The summed E-state index contributed by atoms with van der Waals surface area (Å²) in [5.74, 6) is 1.69. The molecule has 1 aliphatic rings. The third-order valence-corrected chi connectivity index (χ3v) is 4.48. The van der Waals surface area contributed by atoms with Crippen molar-refractivity contribution in [2.75, 3.05) is 0 Å². The van der Waals surface area contributed by atoms with E-state index in [9.17, 15) is 4.79 Å². The van der Waals surface area contributed by atoms with Crippen LogP contribution in [0, 0.1) is 5.92 Å². The summed E-state index contributed by atoms with van der Waals surface area (Å²) in [6.07, 6.45) is 3.78. The molecule has 2 atom stereocenters. The fourth-order valence-corrected chi connectivity index (χ4v) is 3.16. The molecule has 0 aliphatic heterocycles. The zero-order valence-corrected chi connectivity index (χ0v) is 13.8. The van der Waals surface area contributed by atoms with Crippen LogP contribution in [-0.4, -0.2) is 11.9 Å². The van der Waals surface area contributed by atoms with E-state index in [0.717, 1.165) is 42.7 Å². The maximum Gasteiger partial charge on any atom is 0.223 e. The molecule has 4 nitrogen and oxygen atoms in total. The molecular weight excluding hydrogens is 300 g/mol. The molecule has 1 fully saturated rings. The molecule has 1 saturated carbocycles. The van der Waals surface area contributed by atoms with Crippen molar-refractivity contribution in [3.8, 4) is 11.5 Å². The molecule has 126 valence electrons. The van der Waals surface area contributed by atoms with Crippen LogP contribution >= 0.6 is 0 Å². The first-order chi connectivity index (χ1) is 11.7. The lowest BCUT2D eigenvalue weighted by Crippen LogP contribution is -2.37. The Kier molecular flexibility index (Phi) is 5.49. The molecule has 0 saturated heterocycles. The second kappa shape index (κ2) is 7.97. The molecule has 2 unspecified atom stereocenters. The molecule has 0 radical (unpaired) electrons. The van der Waals surface area contributed by atoms with Crippen molar-refractivity contribution in [2.24, 2.45) is 11.7 Å². The number of rotatable bonds is 5. The number of carbonyl (C=O) groups excluding carboxylic acids is 1. The molecule has 0 heterocycles. The number of carbonyl (C=O) groups is 1. The molecule has 0 aromatic heterocycles. The summed E-state index contributed by atoms with van der Waals surface area (Å²) in [7, 11) is 0. The average Bonchev–Trinajstić information content (AvgIpc) is 2.61. The summed E-state index contributed by atoms with van der Waals surface area (Å²) in [6.45, 7) is 0.466. The number of para-hydroxylation sites is 2. The molecule has 1 aliphatic carbocycles. The Morgan fingerprint density at radius 3 is 2.62 bits per heavy atom. The van der Waals surface area contributed by atoms with E-state index >= 15 is 0 Å². The molecule has 2 aromatic rings. The summed E-state index contributed by atoms with van der Waals surface area (Å²) >= 11 is 0. The van der Waals surface area contributed by atoms with Crippen LogP contribution < -0.4 is 15.8 Å². The van der Waals surface area contributed by atoms with Gasteiger partial charge >= 0.3 is 0 Å². The highest BCUT2D eigenvalue weighted by Gasteiger charge is 2.25. The van der Waals surface area contributed by atoms with Crippen LogP contribution in [0.2, 0.25) is 0 Å².